The minimum atomic E-state index is -0.574. The molecule has 3 N–H and O–H groups in total. The second-order valence-corrected chi connectivity index (χ2v) is 6.27. The molecule has 142 valence electrons. The lowest BCUT2D eigenvalue weighted by Gasteiger charge is -2.15. The molecule has 0 radical (unpaired) electrons. The number of rotatable bonds is 10. The SMILES string of the molecule is COc1ccccc1NCCNCC(O)COc1cccc2ccccc12. The topological polar surface area (TPSA) is 62.8 Å². The molecule has 27 heavy (non-hydrogen) atoms. The standard InChI is InChI=1S/C22H26N2O3/c1-26-22-11-5-4-10-20(22)24-14-13-23-15-18(25)16-27-21-12-6-8-17-7-2-3-9-19(17)21/h2-12,18,23-25H,13-16H2,1H3. The Kier molecular flexibility index (Phi) is 6.90. The zero-order valence-electron chi connectivity index (χ0n) is 15.5. The van der Waals surface area contributed by atoms with Crippen molar-refractivity contribution in [1.29, 1.82) is 0 Å². The number of ether oxygens (including phenoxy) is 2. The highest BCUT2D eigenvalue weighted by Gasteiger charge is 2.07. The number of nitrogens with one attached hydrogen (secondary N) is 2. The molecule has 0 fully saturated rings. The van der Waals surface area contributed by atoms with Crippen molar-refractivity contribution in [3.63, 3.8) is 0 Å². The highest BCUT2D eigenvalue weighted by atomic mass is 16.5. The van der Waals surface area contributed by atoms with E-state index in [0.717, 1.165) is 41.0 Å². The molecule has 0 saturated heterocycles. The number of fused-ring (bicyclic) bond motifs is 1. The van der Waals surface area contributed by atoms with Gasteiger partial charge in [0.25, 0.3) is 0 Å². The summed E-state index contributed by atoms with van der Waals surface area (Å²) in [6.45, 7) is 2.18. The summed E-state index contributed by atoms with van der Waals surface area (Å²) in [5.74, 6) is 1.62. The Morgan fingerprint density at radius 3 is 2.52 bits per heavy atom. The fraction of sp³-hybridized carbons (Fsp3) is 0.273. The summed E-state index contributed by atoms with van der Waals surface area (Å²) >= 11 is 0. The van der Waals surface area contributed by atoms with Gasteiger partial charge in [0.15, 0.2) is 0 Å². The van der Waals surface area contributed by atoms with Crippen LogP contribution in [0, 0.1) is 0 Å². The van der Waals surface area contributed by atoms with Crippen LogP contribution in [0.1, 0.15) is 0 Å². The summed E-state index contributed by atoms with van der Waals surface area (Å²) < 4.78 is 11.1. The minimum Gasteiger partial charge on any atom is -0.495 e. The molecule has 3 aromatic carbocycles. The average molecular weight is 366 g/mol. The molecule has 0 spiro atoms. The van der Waals surface area contributed by atoms with Crippen molar-refractivity contribution in [2.24, 2.45) is 0 Å². The van der Waals surface area contributed by atoms with Gasteiger partial charge in [-0.2, -0.15) is 0 Å². The van der Waals surface area contributed by atoms with Crippen molar-refractivity contribution >= 4 is 16.5 Å². The summed E-state index contributed by atoms with van der Waals surface area (Å²) in [6.07, 6.45) is -0.574. The van der Waals surface area contributed by atoms with Gasteiger partial charge in [0.05, 0.1) is 12.8 Å². The molecule has 0 aliphatic heterocycles. The van der Waals surface area contributed by atoms with Crippen LogP contribution >= 0.6 is 0 Å². The third-order valence-electron chi connectivity index (χ3n) is 4.29. The number of para-hydroxylation sites is 2. The number of aliphatic hydroxyl groups is 1. The van der Waals surface area contributed by atoms with Crippen LogP contribution in [0.3, 0.4) is 0 Å². The normalized spacial score (nSPS) is 11.9. The van der Waals surface area contributed by atoms with Gasteiger partial charge in [-0.25, -0.2) is 0 Å². The number of methoxy groups -OCH3 is 1. The van der Waals surface area contributed by atoms with Crippen molar-refractivity contribution in [2.45, 2.75) is 6.10 Å². The number of hydrogen-bond donors (Lipinski definition) is 3. The van der Waals surface area contributed by atoms with E-state index in [-0.39, 0.29) is 6.61 Å². The lowest BCUT2D eigenvalue weighted by molar-refractivity contribution is 0.107. The molecule has 0 bridgehead atoms. The maximum atomic E-state index is 10.2. The third-order valence-corrected chi connectivity index (χ3v) is 4.29. The molecule has 0 aliphatic rings. The van der Waals surface area contributed by atoms with E-state index >= 15 is 0 Å². The van der Waals surface area contributed by atoms with E-state index in [4.69, 9.17) is 9.47 Å². The number of hydrogen-bond acceptors (Lipinski definition) is 5. The fourth-order valence-corrected chi connectivity index (χ4v) is 2.91. The van der Waals surface area contributed by atoms with E-state index in [9.17, 15) is 5.11 Å². The zero-order chi connectivity index (χ0) is 18.9. The molecule has 1 atom stereocenters. The van der Waals surface area contributed by atoms with Crippen LogP contribution in [-0.2, 0) is 0 Å². The van der Waals surface area contributed by atoms with Gasteiger partial charge in [-0.1, -0.05) is 48.5 Å². The molecule has 3 aromatic rings. The Bertz CT molecular complexity index is 848. The summed E-state index contributed by atoms with van der Waals surface area (Å²) in [6, 6.07) is 21.8. The van der Waals surface area contributed by atoms with Crippen LogP contribution in [0.15, 0.2) is 66.7 Å². The molecule has 0 aliphatic carbocycles. The highest BCUT2D eigenvalue weighted by molar-refractivity contribution is 5.88. The van der Waals surface area contributed by atoms with Crippen molar-refractivity contribution in [3.05, 3.63) is 66.7 Å². The van der Waals surface area contributed by atoms with Crippen LogP contribution in [0.2, 0.25) is 0 Å². The summed E-state index contributed by atoms with van der Waals surface area (Å²) in [7, 11) is 1.66. The molecule has 0 saturated carbocycles. The van der Waals surface area contributed by atoms with E-state index in [1.54, 1.807) is 7.11 Å². The van der Waals surface area contributed by atoms with Crippen molar-refractivity contribution < 1.29 is 14.6 Å². The lowest BCUT2D eigenvalue weighted by atomic mass is 10.1. The first-order chi connectivity index (χ1) is 13.3. The quantitative estimate of drug-likeness (QED) is 0.481. The Morgan fingerprint density at radius 2 is 1.63 bits per heavy atom. The first kappa shape index (κ1) is 19.0. The summed E-state index contributed by atoms with van der Waals surface area (Å²) in [5, 5.41) is 18.9. The van der Waals surface area contributed by atoms with Gasteiger partial charge in [0.1, 0.15) is 24.2 Å². The van der Waals surface area contributed by atoms with Gasteiger partial charge in [-0.3, -0.25) is 0 Å². The van der Waals surface area contributed by atoms with Crippen LogP contribution in [0.25, 0.3) is 10.8 Å². The number of benzene rings is 3. The molecule has 1 unspecified atom stereocenters. The van der Waals surface area contributed by atoms with Crippen LogP contribution in [-0.4, -0.2) is 44.6 Å². The lowest BCUT2D eigenvalue weighted by Crippen LogP contribution is -2.34. The number of anilines is 1. The summed E-state index contributed by atoms with van der Waals surface area (Å²) in [5.41, 5.74) is 0.960. The molecule has 0 amide bonds. The van der Waals surface area contributed by atoms with Crippen LogP contribution in [0.5, 0.6) is 11.5 Å². The van der Waals surface area contributed by atoms with E-state index in [1.807, 2.05) is 54.6 Å². The molecule has 5 nitrogen and oxygen atoms in total. The predicted octanol–water partition coefficient (Wildman–Crippen LogP) is 3.29. The monoisotopic (exact) mass is 366 g/mol. The van der Waals surface area contributed by atoms with Gasteiger partial charge in [-0.15, -0.1) is 0 Å². The first-order valence-corrected chi connectivity index (χ1v) is 9.14. The maximum Gasteiger partial charge on any atom is 0.141 e. The molecule has 0 heterocycles. The number of aliphatic hydroxyl groups excluding tert-OH is 1. The predicted molar refractivity (Wildman–Crippen MR) is 110 cm³/mol. The molecular formula is C22H26N2O3. The Labute approximate surface area is 159 Å². The second-order valence-electron chi connectivity index (χ2n) is 6.27. The Morgan fingerprint density at radius 1 is 0.889 bits per heavy atom. The second kappa shape index (κ2) is 9.80. The maximum absolute atomic E-state index is 10.2. The highest BCUT2D eigenvalue weighted by Crippen LogP contribution is 2.25. The third kappa shape index (κ3) is 5.36. The fourth-order valence-electron chi connectivity index (χ4n) is 2.91. The van der Waals surface area contributed by atoms with Crippen LogP contribution in [0.4, 0.5) is 5.69 Å². The van der Waals surface area contributed by atoms with Crippen LogP contribution < -0.4 is 20.1 Å². The van der Waals surface area contributed by atoms with Crippen molar-refractivity contribution in [3.8, 4) is 11.5 Å². The van der Waals surface area contributed by atoms with Crippen molar-refractivity contribution in [1.82, 2.24) is 5.32 Å². The first-order valence-electron chi connectivity index (χ1n) is 9.14. The van der Waals surface area contributed by atoms with E-state index in [2.05, 4.69) is 22.8 Å². The smallest absolute Gasteiger partial charge is 0.141 e. The zero-order valence-corrected chi connectivity index (χ0v) is 15.5. The molecule has 0 aromatic heterocycles. The minimum absolute atomic E-state index is 0.251. The van der Waals surface area contributed by atoms with Gasteiger partial charge in [-0.05, 0) is 23.6 Å². The summed E-state index contributed by atoms with van der Waals surface area (Å²) in [4.78, 5) is 0. The van der Waals surface area contributed by atoms with Gasteiger partial charge >= 0.3 is 0 Å². The average Bonchev–Trinajstić information content (AvgIpc) is 2.72. The molecular weight excluding hydrogens is 340 g/mol. The van der Waals surface area contributed by atoms with E-state index < -0.39 is 6.10 Å². The molecule has 3 rings (SSSR count). The molecule has 5 heteroatoms. The Hall–Kier alpha value is -2.76. The van der Waals surface area contributed by atoms with Gasteiger partial charge < -0.3 is 25.2 Å². The van der Waals surface area contributed by atoms with E-state index in [1.165, 1.54) is 0 Å². The van der Waals surface area contributed by atoms with Gasteiger partial charge in [0, 0.05) is 25.0 Å². The largest absolute Gasteiger partial charge is 0.495 e. The van der Waals surface area contributed by atoms with E-state index in [0.29, 0.717) is 6.54 Å². The van der Waals surface area contributed by atoms with Crippen molar-refractivity contribution in [2.75, 3.05) is 38.7 Å². The Balaban J connectivity index is 1.38. The van der Waals surface area contributed by atoms with Gasteiger partial charge in [0.2, 0.25) is 0 Å².